The molecular formula is C22H28FNO2. The maximum absolute atomic E-state index is 13.5. The molecule has 0 unspecified atom stereocenters. The van der Waals surface area contributed by atoms with Crippen LogP contribution in [0, 0.1) is 11.7 Å². The molecule has 1 saturated heterocycles. The first-order valence-corrected chi connectivity index (χ1v) is 9.46. The van der Waals surface area contributed by atoms with Crippen molar-refractivity contribution in [1.82, 2.24) is 4.90 Å². The lowest BCUT2D eigenvalue weighted by atomic mass is 9.90. The van der Waals surface area contributed by atoms with Crippen molar-refractivity contribution in [2.75, 3.05) is 26.2 Å². The van der Waals surface area contributed by atoms with Crippen LogP contribution in [-0.2, 0) is 17.8 Å². The molecule has 0 bridgehead atoms. The number of nitrogens with zero attached hydrogens (tertiary/aromatic N) is 1. The van der Waals surface area contributed by atoms with Gasteiger partial charge in [0.05, 0.1) is 19.3 Å². The van der Waals surface area contributed by atoms with Crippen molar-refractivity contribution in [3.63, 3.8) is 0 Å². The van der Waals surface area contributed by atoms with Gasteiger partial charge in [-0.05, 0) is 49.9 Å². The molecule has 0 aliphatic carbocycles. The minimum atomic E-state index is -0.535. The molecule has 1 N–H and O–H groups in total. The Bertz CT molecular complexity index is 656. The number of aliphatic hydroxyl groups excluding tert-OH is 1. The van der Waals surface area contributed by atoms with E-state index in [0.29, 0.717) is 12.1 Å². The molecule has 0 spiro atoms. The highest BCUT2D eigenvalue weighted by Crippen LogP contribution is 2.21. The van der Waals surface area contributed by atoms with Gasteiger partial charge >= 0.3 is 0 Å². The zero-order valence-electron chi connectivity index (χ0n) is 15.2. The Kier molecular flexibility index (Phi) is 7.18. The third-order valence-corrected chi connectivity index (χ3v) is 5.07. The van der Waals surface area contributed by atoms with Crippen LogP contribution in [0.4, 0.5) is 4.39 Å². The van der Waals surface area contributed by atoms with E-state index in [2.05, 4.69) is 35.2 Å². The molecular weight excluding hydrogens is 329 g/mol. The van der Waals surface area contributed by atoms with Crippen molar-refractivity contribution in [2.24, 2.45) is 5.92 Å². The predicted octanol–water partition coefficient (Wildman–Crippen LogP) is 3.66. The Labute approximate surface area is 155 Å². The molecule has 4 heteroatoms. The average molecular weight is 357 g/mol. The van der Waals surface area contributed by atoms with Crippen molar-refractivity contribution >= 4 is 0 Å². The molecule has 1 fully saturated rings. The maximum Gasteiger partial charge on any atom is 0.128 e. The summed E-state index contributed by atoms with van der Waals surface area (Å²) in [5.74, 6) is 0.463. The number of hydrogen-bond donors (Lipinski definition) is 1. The standard InChI is InChI=1S/C22H28FNO2/c23-22-9-5-4-8-20(22)16-26-17-21(25)15-24-12-10-19(11-13-24)14-18-6-2-1-3-7-18/h1-9,19,21,25H,10-17H2/t21-/m0/s1. The largest absolute Gasteiger partial charge is 0.389 e. The Balaban J connectivity index is 1.33. The van der Waals surface area contributed by atoms with Crippen LogP contribution in [0.5, 0.6) is 0 Å². The van der Waals surface area contributed by atoms with Crippen LogP contribution in [0.2, 0.25) is 0 Å². The second-order valence-electron chi connectivity index (χ2n) is 7.19. The lowest BCUT2D eigenvalue weighted by Crippen LogP contribution is -2.40. The van der Waals surface area contributed by atoms with Gasteiger partial charge in [0.25, 0.3) is 0 Å². The first kappa shape index (κ1) is 19.0. The van der Waals surface area contributed by atoms with E-state index >= 15 is 0 Å². The molecule has 1 atom stereocenters. The molecule has 0 radical (unpaired) electrons. The van der Waals surface area contributed by atoms with Gasteiger partial charge in [0.2, 0.25) is 0 Å². The number of ether oxygens (including phenoxy) is 1. The summed E-state index contributed by atoms with van der Waals surface area (Å²) in [6.45, 7) is 3.08. The van der Waals surface area contributed by atoms with Crippen LogP contribution >= 0.6 is 0 Å². The summed E-state index contributed by atoms with van der Waals surface area (Å²) in [6.07, 6.45) is 2.94. The molecule has 1 aliphatic heterocycles. The van der Waals surface area contributed by atoms with Crippen molar-refractivity contribution in [2.45, 2.75) is 32.0 Å². The molecule has 1 heterocycles. The van der Waals surface area contributed by atoms with Crippen molar-refractivity contribution < 1.29 is 14.2 Å². The SMILES string of the molecule is O[C@H](COCc1ccccc1F)CN1CCC(Cc2ccccc2)CC1. The molecule has 26 heavy (non-hydrogen) atoms. The fourth-order valence-electron chi connectivity index (χ4n) is 3.59. The lowest BCUT2D eigenvalue weighted by molar-refractivity contribution is 0.00382. The zero-order valence-corrected chi connectivity index (χ0v) is 15.2. The topological polar surface area (TPSA) is 32.7 Å². The number of likely N-dealkylation sites (tertiary alicyclic amines) is 1. The van der Waals surface area contributed by atoms with Gasteiger partial charge in [-0.1, -0.05) is 48.5 Å². The highest BCUT2D eigenvalue weighted by molar-refractivity contribution is 5.16. The fraction of sp³-hybridized carbons (Fsp3) is 0.455. The fourth-order valence-corrected chi connectivity index (χ4v) is 3.59. The number of piperidine rings is 1. The normalized spacial score (nSPS) is 17.3. The molecule has 2 aromatic rings. The van der Waals surface area contributed by atoms with Crippen LogP contribution in [0.15, 0.2) is 54.6 Å². The zero-order chi connectivity index (χ0) is 18.2. The first-order chi connectivity index (χ1) is 12.7. The Morgan fingerprint density at radius 2 is 1.73 bits per heavy atom. The summed E-state index contributed by atoms with van der Waals surface area (Å²) in [5, 5.41) is 10.2. The minimum Gasteiger partial charge on any atom is -0.389 e. The van der Waals surface area contributed by atoms with Gasteiger partial charge in [0, 0.05) is 12.1 Å². The third-order valence-electron chi connectivity index (χ3n) is 5.07. The van der Waals surface area contributed by atoms with Gasteiger partial charge in [0.1, 0.15) is 5.82 Å². The Hall–Kier alpha value is -1.75. The number of aliphatic hydroxyl groups is 1. The van der Waals surface area contributed by atoms with Crippen LogP contribution in [0.1, 0.15) is 24.0 Å². The van der Waals surface area contributed by atoms with Crippen LogP contribution in [0.3, 0.4) is 0 Å². The monoisotopic (exact) mass is 357 g/mol. The van der Waals surface area contributed by atoms with E-state index in [1.807, 2.05) is 0 Å². The molecule has 0 amide bonds. The third kappa shape index (κ3) is 5.90. The van der Waals surface area contributed by atoms with Gasteiger partial charge in [0.15, 0.2) is 0 Å². The van der Waals surface area contributed by atoms with E-state index in [-0.39, 0.29) is 19.0 Å². The summed E-state index contributed by atoms with van der Waals surface area (Å²) >= 11 is 0. The van der Waals surface area contributed by atoms with Crippen molar-refractivity contribution in [3.05, 3.63) is 71.5 Å². The molecule has 3 rings (SSSR count). The van der Waals surface area contributed by atoms with E-state index in [9.17, 15) is 9.50 Å². The van der Waals surface area contributed by atoms with E-state index in [4.69, 9.17) is 4.74 Å². The lowest BCUT2D eigenvalue weighted by Gasteiger charge is -2.33. The summed E-state index contributed by atoms with van der Waals surface area (Å²) in [5.41, 5.74) is 1.94. The molecule has 0 aromatic heterocycles. The molecule has 1 aliphatic rings. The molecule has 2 aromatic carbocycles. The Morgan fingerprint density at radius 3 is 2.46 bits per heavy atom. The summed E-state index contributed by atoms with van der Waals surface area (Å²) in [7, 11) is 0. The summed E-state index contributed by atoms with van der Waals surface area (Å²) in [6, 6.07) is 17.2. The van der Waals surface area contributed by atoms with Gasteiger partial charge in [-0.25, -0.2) is 4.39 Å². The predicted molar refractivity (Wildman–Crippen MR) is 101 cm³/mol. The van der Waals surface area contributed by atoms with Crippen LogP contribution < -0.4 is 0 Å². The number of benzene rings is 2. The molecule has 0 saturated carbocycles. The number of β-amino-alcohol motifs (C(OH)–C–C–N with tert-alkyl or cyclic N) is 1. The minimum absolute atomic E-state index is 0.197. The smallest absolute Gasteiger partial charge is 0.128 e. The second kappa shape index (κ2) is 9.81. The first-order valence-electron chi connectivity index (χ1n) is 9.46. The average Bonchev–Trinajstić information content (AvgIpc) is 2.66. The summed E-state index contributed by atoms with van der Waals surface area (Å²) < 4.78 is 19.0. The molecule has 3 nitrogen and oxygen atoms in total. The number of halogens is 1. The van der Waals surface area contributed by atoms with Crippen molar-refractivity contribution in [1.29, 1.82) is 0 Å². The maximum atomic E-state index is 13.5. The van der Waals surface area contributed by atoms with E-state index in [0.717, 1.165) is 38.3 Å². The van der Waals surface area contributed by atoms with Crippen molar-refractivity contribution in [3.8, 4) is 0 Å². The number of rotatable bonds is 8. The Morgan fingerprint density at radius 1 is 1.04 bits per heavy atom. The second-order valence-corrected chi connectivity index (χ2v) is 7.19. The van der Waals surface area contributed by atoms with E-state index in [1.54, 1.807) is 18.2 Å². The van der Waals surface area contributed by atoms with E-state index in [1.165, 1.54) is 11.6 Å². The molecule has 140 valence electrons. The quantitative estimate of drug-likeness (QED) is 0.783. The van der Waals surface area contributed by atoms with E-state index < -0.39 is 6.10 Å². The summed E-state index contributed by atoms with van der Waals surface area (Å²) in [4.78, 5) is 2.30. The highest BCUT2D eigenvalue weighted by Gasteiger charge is 2.21. The van der Waals surface area contributed by atoms with Crippen LogP contribution in [-0.4, -0.2) is 42.4 Å². The number of hydrogen-bond acceptors (Lipinski definition) is 3. The van der Waals surface area contributed by atoms with Crippen LogP contribution in [0.25, 0.3) is 0 Å². The van der Waals surface area contributed by atoms with Gasteiger partial charge in [-0.3, -0.25) is 0 Å². The van der Waals surface area contributed by atoms with Gasteiger partial charge in [-0.2, -0.15) is 0 Å². The highest BCUT2D eigenvalue weighted by atomic mass is 19.1. The van der Waals surface area contributed by atoms with Gasteiger partial charge < -0.3 is 14.7 Å². The van der Waals surface area contributed by atoms with Gasteiger partial charge in [-0.15, -0.1) is 0 Å².